The van der Waals surface area contributed by atoms with Crippen LogP contribution in [0.3, 0.4) is 0 Å². The third kappa shape index (κ3) is 4.09. The van der Waals surface area contributed by atoms with Crippen molar-refractivity contribution in [2.45, 2.75) is 24.6 Å². The van der Waals surface area contributed by atoms with Crippen molar-refractivity contribution >= 4 is 17.7 Å². The Morgan fingerprint density at radius 1 is 1.65 bits per heavy atom. The van der Waals surface area contributed by atoms with Gasteiger partial charge in [-0.25, -0.2) is 0 Å². The van der Waals surface area contributed by atoms with Gasteiger partial charge in [-0.05, 0) is 38.3 Å². The zero-order valence-corrected chi connectivity index (χ0v) is 11.3. The number of rotatable bonds is 7. The van der Waals surface area contributed by atoms with Crippen molar-refractivity contribution in [3.05, 3.63) is 24.2 Å². The van der Waals surface area contributed by atoms with Crippen molar-refractivity contribution in [2.75, 3.05) is 19.9 Å². The van der Waals surface area contributed by atoms with Crippen molar-refractivity contribution in [3.8, 4) is 0 Å². The van der Waals surface area contributed by atoms with Gasteiger partial charge in [0.15, 0.2) is 0 Å². The molecule has 0 saturated heterocycles. The molecule has 4 nitrogen and oxygen atoms in total. The third-order valence-corrected chi connectivity index (χ3v) is 3.74. The number of hydrogen-bond acceptors (Lipinski definition) is 5. The first-order valence-electron chi connectivity index (χ1n) is 5.50. The molecule has 0 bridgehead atoms. The van der Waals surface area contributed by atoms with Gasteiger partial charge in [-0.15, -0.1) is 0 Å². The standard InChI is InChI=1S/C12H19NO3S/c1-12(13-2,11(14)15-3)6-8-17-9-10-5-4-7-16-10/h4-5,7,13H,6,8-9H2,1-3H3. The molecule has 0 aromatic carbocycles. The van der Waals surface area contributed by atoms with E-state index in [4.69, 9.17) is 9.15 Å². The smallest absolute Gasteiger partial charge is 0.325 e. The monoisotopic (exact) mass is 257 g/mol. The van der Waals surface area contributed by atoms with Gasteiger partial charge in [-0.1, -0.05) is 0 Å². The van der Waals surface area contributed by atoms with Crippen molar-refractivity contribution in [1.29, 1.82) is 0 Å². The maximum Gasteiger partial charge on any atom is 0.325 e. The molecule has 1 unspecified atom stereocenters. The zero-order valence-electron chi connectivity index (χ0n) is 10.5. The maximum atomic E-state index is 11.6. The molecule has 1 heterocycles. The van der Waals surface area contributed by atoms with E-state index in [1.165, 1.54) is 7.11 Å². The zero-order chi connectivity index (χ0) is 12.7. The summed E-state index contributed by atoms with van der Waals surface area (Å²) in [4.78, 5) is 11.6. The fourth-order valence-electron chi connectivity index (χ4n) is 1.40. The van der Waals surface area contributed by atoms with Crippen LogP contribution in [-0.4, -0.2) is 31.4 Å². The number of carbonyl (C=O) groups excluding carboxylic acids is 1. The molecule has 1 N–H and O–H groups in total. The van der Waals surface area contributed by atoms with Crippen LogP contribution in [-0.2, 0) is 15.3 Å². The van der Waals surface area contributed by atoms with Crippen LogP contribution < -0.4 is 5.32 Å². The number of carbonyl (C=O) groups is 1. The highest BCUT2D eigenvalue weighted by atomic mass is 32.2. The summed E-state index contributed by atoms with van der Waals surface area (Å²) in [5, 5.41) is 3.01. The molecule has 0 saturated carbocycles. The molecule has 96 valence electrons. The van der Waals surface area contributed by atoms with Crippen LogP contribution >= 0.6 is 11.8 Å². The summed E-state index contributed by atoms with van der Waals surface area (Å²) in [5.41, 5.74) is -0.606. The Balaban J connectivity index is 2.31. The molecular formula is C12H19NO3S. The highest BCUT2D eigenvalue weighted by Crippen LogP contribution is 2.19. The molecule has 5 heteroatoms. The Bertz CT molecular complexity index is 340. The molecule has 0 fully saturated rings. The van der Waals surface area contributed by atoms with Crippen LogP contribution in [0.1, 0.15) is 19.1 Å². The molecule has 0 aliphatic carbocycles. The second kappa shape index (κ2) is 6.71. The topological polar surface area (TPSA) is 51.5 Å². The number of nitrogens with one attached hydrogen (secondary N) is 1. The summed E-state index contributed by atoms with van der Waals surface area (Å²) in [6.45, 7) is 1.85. The Morgan fingerprint density at radius 2 is 2.41 bits per heavy atom. The fraction of sp³-hybridized carbons (Fsp3) is 0.583. The maximum absolute atomic E-state index is 11.6. The van der Waals surface area contributed by atoms with Crippen molar-refractivity contribution in [3.63, 3.8) is 0 Å². The van der Waals surface area contributed by atoms with Gasteiger partial charge >= 0.3 is 5.97 Å². The molecule has 1 aromatic heterocycles. The molecule has 1 rings (SSSR count). The third-order valence-electron chi connectivity index (χ3n) is 2.76. The summed E-state index contributed by atoms with van der Waals surface area (Å²) in [6.07, 6.45) is 2.39. The number of methoxy groups -OCH3 is 1. The highest BCUT2D eigenvalue weighted by Gasteiger charge is 2.31. The van der Waals surface area contributed by atoms with Crippen LogP contribution in [0.15, 0.2) is 22.8 Å². The van der Waals surface area contributed by atoms with E-state index in [1.807, 2.05) is 19.1 Å². The number of likely N-dealkylation sites (N-methyl/N-ethyl adjacent to an activating group) is 1. The fourth-order valence-corrected chi connectivity index (χ4v) is 2.46. The van der Waals surface area contributed by atoms with Gasteiger partial charge in [0.25, 0.3) is 0 Å². The molecule has 1 atom stereocenters. The van der Waals surface area contributed by atoms with Gasteiger partial charge in [-0.2, -0.15) is 11.8 Å². The summed E-state index contributed by atoms with van der Waals surface area (Å²) >= 11 is 1.74. The molecule has 0 radical (unpaired) electrons. The lowest BCUT2D eigenvalue weighted by atomic mass is 10.00. The average molecular weight is 257 g/mol. The summed E-state index contributed by atoms with van der Waals surface area (Å²) < 4.78 is 10.0. The summed E-state index contributed by atoms with van der Waals surface area (Å²) in [7, 11) is 3.18. The van der Waals surface area contributed by atoms with Gasteiger partial charge in [-0.3, -0.25) is 4.79 Å². The number of hydrogen-bond donors (Lipinski definition) is 1. The van der Waals surface area contributed by atoms with Gasteiger partial charge in [0.05, 0.1) is 19.1 Å². The molecule has 0 amide bonds. The molecule has 0 spiro atoms. The quantitative estimate of drug-likeness (QED) is 0.598. The highest BCUT2D eigenvalue weighted by molar-refractivity contribution is 7.98. The molecule has 0 aliphatic heterocycles. The lowest BCUT2D eigenvalue weighted by Crippen LogP contribution is -2.48. The average Bonchev–Trinajstić information content (AvgIpc) is 2.86. The van der Waals surface area contributed by atoms with E-state index in [0.717, 1.165) is 23.7 Å². The van der Waals surface area contributed by atoms with Gasteiger partial charge in [0.2, 0.25) is 0 Å². The second-order valence-electron chi connectivity index (χ2n) is 3.96. The van der Waals surface area contributed by atoms with Gasteiger partial charge in [0, 0.05) is 0 Å². The van der Waals surface area contributed by atoms with Crippen LogP contribution in [0.25, 0.3) is 0 Å². The Morgan fingerprint density at radius 3 is 2.94 bits per heavy atom. The molecule has 0 aliphatic rings. The van der Waals surface area contributed by atoms with E-state index in [1.54, 1.807) is 25.1 Å². The van der Waals surface area contributed by atoms with Crippen molar-refractivity contribution < 1.29 is 13.9 Å². The van der Waals surface area contributed by atoms with Crippen LogP contribution in [0.5, 0.6) is 0 Å². The minimum Gasteiger partial charge on any atom is -0.468 e. The first-order chi connectivity index (χ1) is 8.12. The molecule has 17 heavy (non-hydrogen) atoms. The number of esters is 1. The van der Waals surface area contributed by atoms with Gasteiger partial charge < -0.3 is 14.5 Å². The first-order valence-corrected chi connectivity index (χ1v) is 6.65. The number of thioether (sulfide) groups is 1. The Labute approximate surface area is 106 Å². The van der Waals surface area contributed by atoms with Crippen molar-refractivity contribution in [1.82, 2.24) is 5.32 Å². The van der Waals surface area contributed by atoms with Crippen molar-refractivity contribution in [2.24, 2.45) is 0 Å². The van der Waals surface area contributed by atoms with E-state index < -0.39 is 5.54 Å². The Hall–Kier alpha value is -0.940. The minimum absolute atomic E-state index is 0.224. The summed E-state index contributed by atoms with van der Waals surface area (Å²) in [6, 6.07) is 3.83. The predicted molar refractivity (Wildman–Crippen MR) is 69.0 cm³/mol. The number of furan rings is 1. The normalized spacial score (nSPS) is 14.3. The SMILES string of the molecule is CNC(C)(CCSCc1ccco1)C(=O)OC. The second-order valence-corrected chi connectivity index (χ2v) is 5.06. The molecular weight excluding hydrogens is 238 g/mol. The number of ether oxygens (including phenoxy) is 1. The van der Waals surface area contributed by atoms with E-state index in [2.05, 4.69) is 5.32 Å². The summed E-state index contributed by atoms with van der Waals surface area (Å²) in [5.74, 6) is 2.43. The largest absolute Gasteiger partial charge is 0.468 e. The minimum atomic E-state index is -0.606. The molecule has 1 aromatic rings. The van der Waals surface area contributed by atoms with E-state index >= 15 is 0 Å². The lowest BCUT2D eigenvalue weighted by molar-refractivity contribution is -0.147. The lowest BCUT2D eigenvalue weighted by Gasteiger charge is -2.25. The van der Waals surface area contributed by atoms with E-state index in [-0.39, 0.29) is 5.97 Å². The van der Waals surface area contributed by atoms with Crippen LogP contribution in [0, 0.1) is 0 Å². The van der Waals surface area contributed by atoms with Crippen LogP contribution in [0.4, 0.5) is 0 Å². The predicted octanol–water partition coefficient (Wildman–Crippen LogP) is 2.05. The van der Waals surface area contributed by atoms with E-state index in [9.17, 15) is 4.79 Å². The van der Waals surface area contributed by atoms with Crippen LogP contribution in [0.2, 0.25) is 0 Å². The Kier molecular flexibility index (Phi) is 5.58. The van der Waals surface area contributed by atoms with Gasteiger partial charge in [0.1, 0.15) is 11.3 Å². The van der Waals surface area contributed by atoms with E-state index in [0.29, 0.717) is 0 Å². The first kappa shape index (κ1) is 14.1.